The molecule has 0 aliphatic carbocycles. The molecular weight excluding hydrogens is 254 g/mol. The standard InChI is InChI=1S/C16H11NO3/c18-16(19)15-10-14(17-20-15)13-9-5-4-8-12(13)11-6-2-1-3-7-11/h1-10H,(H,18,19). The van der Waals surface area contributed by atoms with E-state index in [1.165, 1.54) is 6.07 Å². The summed E-state index contributed by atoms with van der Waals surface area (Å²) in [6.07, 6.45) is 0. The summed E-state index contributed by atoms with van der Waals surface area (Å²) in [6.45, 7) is 0. The first-order chi connectivity index (χ1) is 9.75. The van der Waals surface area contributed by atoms with E-state index in [0.29, 0.717) is 5.69 Å². The zero-order valence-corrected chi connectivity index (χ0v) is 10.5. The minimum atomic E-state index is -1.12. The number of hydrogen-bond acceptors (Lipinski definition) is 3. The Balaban J connectivity index is 2.12. The van der Waals surface area contributed by atoms with Crippen molar-refractivity contribution in [2.75, 3.05) is 0 Å². The van der Waals surface area contributed by atoms with E-state index >= 15 is 0 Å². The Hall–Kier alpha value is -2.88. The van der Waals surface area contributed by atoms with Crippen molar-refractivity contribution in [1.29, 1.82) is 0 Å². The minimum absolute atomic E-state index is 0.164. The van der Waals surface area contributed by atoms with Gasteiger partial charge in [0.1, 0.15) is 5.69 Å². The van der Waals surface area contributed by atoms with Gasteiger partial charge in [0.05, 0.1) is 0 Å². The van der Waals surface area contributed by atoms with Crippen molar-refractivity contribution >= 4 is 5.97 Å². The second kappa shape index (κ2) is 5.01. The molecule has 0 fully saturated rings. The van der Waals surface area contributed by atoms with Crippen LogP contribution in [-0.2, 0) is 0 Å². The molecule has 0 saturated heterocycles. The molecule has 0 atom stereocenters. The molecule has 0 amide bonds. The second-order valence-electron chi connectivity index (χ2n) is 4.29. The normalized spacial score (nSPS) is 10.4. The predicted octanol–water partition coefficient (Wildman–Crippen LogP) is 3.71. The highest BCUT2D eigenvalue weighted by Gasteiger charge is 2.15. The Labute approximate surface area is 115 Å². The van der Waals surface area contributed by atoms with Crippen LogP contribution in [0.1, 0.15) is 10.6 Å². The molecule has 0 unspecified atom stereocenters. The van der Waals surface area contributed by atoms with Crippen molar-refractivity contribution in [2.45, 2.75) is 0 Å². The monoisotopic (exact) mass is 265 g/mol. The van der Waals surface area contributed by atoms with Crippen LogP contribution in [-0.4, -0.2) is 16.2 Å². The number of hydrogen-bond donors (Lipinski definition) is 1. The van der Waals surface area contributed by atoms with Gasteiger partial charge in [-0.05, 0) is 11.1 Å². The Morgan fingerprint density at radius 1 is 0.950 bits per heavy atom. The minimum Gasteiger partial charge on any atom is -0.475 e. The van der Waals surface area contributed by atoms with Gasteiger partial charge in [-0.3, -0.25) is 0 Å². The fourth-order valence-electron chi connectivity index (χ4n) is 2.08. The first-order valence-electron chi connectivity index (χ1n) is 6.10. The van der Waals surface area contributed by atoms with Crippen LogP contribution < -0.4 is 0 Å². The van der Waals surface area contributed by atoms with Gasteiger partial charge in [-0.2, -0.15) is 0 Å². The van der Waals surface area contributed by atoms with Crippen LogP contribution in [0.15, 0.2) is 65.2 Å². The van der Waals surface area contributed by atoms with E-state index < -0.39 is 5.97 Å². The Morgan fingerprint density at radius 2 is 1.60 bits per heavy atom. The second-order valence-corrected chi connectivity index (χ2v) is 4.29. The summed E-state index contributed by atoms with van der Waals surface area (Å²) >= 11 is 0. The average molecular weight is 265 g/mol. The molecule has 3 aromatic rings. The molecule has 98 valence electrons. The third kappa shape index (κ3) is 2.19. The van der Waals surface area contributed by atoms with Crippen LogP contribution in [0.3, 0.4) is 0 Å². The van der Waals surface area contributed by atoms with Crippen molar-refractivity contribution in [3.8, 4) is 22.4 Å². The fraction of sp³-hybridized carbons (Fsp3) is 0. The SMILES string of the molecule is O=C(O)c1cc(-c2ccccc2-c2ccccc2)no1. The summed E-state index contributed by atoms with van der Waals surface area (Å²) in [7, 11) is 0. The molecule has 0 saturated carbocycles. The third-order valence-electron chi connectivity index (χ3n) is 3.01. The van der Waals surface area contributed by atoms with Crippen LogP contribution in [0.4, 0.5) is 0 Å². The molecule has 1 aromatic heterocycles. The number of benzene rings is 2. The number of aromatic carboxylic acids is 1. The van der Waals surface area contributed by atoms with E-state index in [4.69, 9.17) is 9.63 Å². The number of carboxylic acids is 1. The van der Waals surface area contributed by atoms with Crippen LogP contribution in [0, 0.1) is 0 Å². The smallest absolute Gasteiger partial charge is 0.374 e. The highest BCUT2D eigenvalue weighted by molar-refractivity contribution is 5.88. The molecule has 0 aliphatic heterocycles. The molecule has 0 radical (unpaired) electrons. The van der Waals surface area contributed by atoms with E-state index in [1.54, 1.807) is 0 Å². The predicted molar refractivity (Wildman–Crippen MR) is 74.3 cm³/mol. The van der Waals surface area contributed by atoms with Crippen molar-refractivity contribution in [2.24, 2.45) is 0 Å². The third-order valence-corrected chi connectivity index (χ3v) is 3.01. The lowest BCUT2D eigenvalue weighted by atomic mass is 9.98. The molecular formula is C16H11NO3. The zero-order chi connectivity index (χ0) is 13.9. The molecule has 1 heterocycles. The van der Waals surface area contributed by atoms with Crippen molar-refractivity contribution in [1.82, 2.24) is 5.16 Å². The van der Waals surface area contributed by atoms with E-state index in [1.807, 2.05) is 54.6 Å². The quantitative estimate of drug-likeness (QED) is 0.784. The van der Waals surface area contributed by atoms with E-state index in [9.17, 15) is 4.79 Å². The molecule has 20 heavy (non-hydrogen) atoms. The van der Waals surface area contributed by atoms with E-state index in [2.05, 4.69) is 5.16 Å². The number of nitrogens with zero attached hydrogens (tertiary/aromatic N) is 1. The maximum Gasteiger partial charge on any atom is 0.374 e. The summed E-state index contributed by atoms with van der Waals surface area (Å²) < 4.78 is 4.82. The lowest BCUT2D eigenvalue weighted by Crippen LogP contribution is -1.91. The van der Waals surface area contributed by atoms with Gasteiger partial charge in [-0.25, -0.2) is 4.79 Å². The van der Waals surface area contributed by atoms with Crippen molar-refractivity contribution < 1.29 is 14.4 Å². The van der Waals surface area contributed by atoms with E-state index in [0.717, 1.165) is 16.7 Å². The lowest BCUT2D eigenvalue weighted by molar-refractivity contribution is 0.0652. The molecule has 4 nitrogen and oxygen atoms in total. The van der Waals surface area contributed by atoms with E-state index in [-0.39, 0.29) is 5.76 Å². The fourth-order valence-corrected chi connectivity index (χ4v) is 2.08. The van der Waals surface area contributed by atoms with Gasteiger partial charge in [-0.1, -0.05) is 59.8 Å². The van der Waals surface area contributed by atoms with Gasteiger partial charge in [-0.15, -0.1) is 0 Å². The molecule has 0 aliphatic rings. The highest BCUT2D eigenvalue weighted by Crippen LogP contribution is 2.31. The molecule has 0 bridgehead atoms. The first-order valence-corrected chi connectivity index (χ1v) is 6.10. The van der Waals surface area contributed by atoms with Gasteiger partial charge in [0.25, 0.3) is 0 Å². The largest absolute Gasteiger partial charge is 0.475 e. The Morgan fingerprint density at radius 3 is 2.25 bits per heavy atom. The zero-order valence-electron chi connectivity index (χ0n) is 10.5. The van der Waals surface area contributed by atoms with Gasteiger partial charge in [0.2, 0.25) is 5.76 Å². The lowest BCUT2D eigenvalue weighted by Gasteiger charge is -2.06. The van der Waals surface area contributed by atoms with Crippen LogP contribution in [0.25, 0.3) is 22.4 Å². The summed E-state index contributed by atoms with van der Waals surface area (Å²) in [5.74, 6) is -1.29. The summed E-state index contributed by atoms with van der Waals surface area (Å²) in [5, 5.41) is 12.7. The van der Waals surface area contributed by atoms with Gasteiger partial charge < -0.3 is 9.63 Å². The van der Waals surface area contributed by atoms with Crippen LogP contribution in [0.2, 0.25) is 0 Å². The number of aromatic nitrogens is 1. The topological polar surface area (TPSA) is 63.3 Å². The highest BCUT2D eigenvalue weighted by atomic mass is 16.5. The van der Waals surface area contributed by atoms with Gasteiger partial charge in [0.15, 0.2) is 0 Å². The maximum absolute atomic E-state index is 10.9. The summed E-state index contributed by atoms with van der Waals surface area (Å²) in [5.41, 5.74) is 3.39. The summed E-state index contributed by atoms with van der Waals surface area (Å²) in [4.78, 5) is 10.9. The van der Waals surface area contributed by atoms with Crippen molar-refractivity contribution in [3.05, 3.63) is 66.4 Å². The van der Waals surface area contributed by atoms with Gasteiger partial charge in [0, 0.05) is 11.6 Å². The molecule has 3 rings (SSSR count). The molecule has 2 aromatic carbocycles. The number of carboxylic acid groups (broad SMARTS) is 1. The molecule has 0 spiro atoms. The van der Waals surface area contributed by atoms with Crippen molar-refractivity contribution in [3.63, 3.8) is 0 Å². The van der Waals surface area contributed by atoms with Crippen LogP contribution in [0.5, 0.6) is 0 Å². The summed E-state index contributed by atoms with van der Waals surface area (Å²) in [6, 6.07) is 19.0. The maximum atomic E-state index is 10.9. The average Bonchev–Trinajstić information content (AvgIpc) is 2.98. The Bertz CT molecular complexity index is 747. The molecule has 1 N–H and O–H groups in total. The van der Waals surface area contributed by atoms with Crippen LogP contribution >= 0.6 is 0 Å². The molecule has 4 heteroatoms. The number of carbonyl (C=O) groups is 1. The first kappa shape index (κ1) is 12.2. The van der Waals surface area contributed by atoms with Gasteiger partial charge >= 0.3 is 5.97 Å². The number of rotatable bonds is 3. The Kier molecular flexibility index (Phi) is 3.05.